The standard InChI is InChI=1S/C15H15BrN4/c1-10(17)8-11-6-7-12(16)9-15(11)20-14-5-3-2-4-13(14)18-19-20/h2-7,9-10H,8,17H2,1H3. The number of nitrogens with zero attached hydrogens (tertiary/aromatic N) is 3. The highest BCUT2D eigenvalue weighted by Crippen LogP contribution is 2.24. The van der Waals surface area contributed by atoms with Gasteiger partial charge in [0, 0.05) is 10.5 Å². The van der Waals surface area contributed by atoms with Crippen LogP contribution in [0.5, 0.6) is 0 Å². The zero-order valence-electron chi connectivity index (χ0n) is 11.1. The zero-order valence-corrected chi connectivity index (χ0v) is 12.7. The van der Waals surface area contributed by atoms with E-state index in [2.05, 4.69) is 38.4 Å². The highest BCUT2D eigenvalue weighted by molar-refractivity contribution is 9.10. The minimum absolute atomic E-state index is 0.102. The normalized spacial score (nSPS) is 12.8. The maximum absolute atomic E-state index is 5.94. The van der Waals surface area contributed by atoms with Crippen LogP contribution in [0.3, 0.4) is 0 Å². The Bertz CT molecular complexity index is 748. The molecule has 0 aliphatic rings. The van der Waals surface area contributed by atoms with Crippen LogP contribution in [0.25, 0.3) is 16.7 Å². The first kappa shape index (κ1) is 13.3. The summed E-state index contributed by atoms with van der Waals surface area (Å²) in [6.07, 6.45) is 0.802. The number of para-hydroxylation sites is 1. The molecular weight excluding hydrogens is 316 g/mol. The van der Waals surface area contributed by atoms with Crippen molar-refractivity contribution in [1.82, 2.24) is 15.0 Å². The molecule has 1 atom stereocenters. The second kappa shape index (κ2) is 5.34. The molecule has 3 rings (SSSR count). The Kier molecular flexibility index (Phi) is 3.54. The van der Waals surface area contributed by atoms with Crippen LogP contribution < -0.4 is 5.73 Å². The number of hydrogen-bond acceptors (Lipinski definition) is 3. The molecule has 0 bridgehead atoms. The molecule has 0 aliphatic heterocycles. The second-order valence-corrected chi connectivity index (χ2v) is 5.86. The number of nitrogens with two attached hydrogens (primary N) is 1. The number of halogens is 1. The van der Waals surface area contributed by atoms with Crippen LogP contribution in [-0.4, -0.2) is 21.0 Å². The first-order valence-corrected chi connectivity index (χ1v) is 7.29. The summed E-state index contributed by atoms with van der Waals surface area (Å²) in [5.41, 5.74) is 10.0. The third kappa shape index (κ3) is 2.46. The molecule has 1 heterocycles. The summed E-state index contributed by atoms with van der Waals surface area (Å²) >= 11 is 3.52. The average Bonchev–Trinajstić information content (AvgIpc) is 2.84. The first-order chi connectivity index (χ1) is 9.65. The van der Waals surface area contributed by atoms with E-state index < -0.39 is 0 Å². The Balaban J connectivity index is 2.20. The van der Waals surface area contributed by atoms with Crippen LogP contribution >= 0.6 is 15.9 Å². The molecule has 102 valence electrons. The number of hydrogen-bond donors (Lipinski definition) is 1. The van der Waals surface area contributed by atoms with Crippen molar-refractivity contribution in [1.29, 1.82) is 0 Å². The van der Waals surface area contributed by atoms with Crippen LogP contribution in [-0.2, 0) is 6.42 Å². The molecule has 0 saturated heterocycles. The minimum Gasteiger partial charge on any atom is -0.328 e. The van der Waals surface area contributed by atoms with Crippen LogP contribution in [0.2, 0.25) is 0 Å². The van der Waals surface area contributed by atoms with Crippen molar-refractivity contribution in [2.45, 2.75) is 19.4 Å². The smallest absolute Gasteiger partial charge is 0.113 e. The van der Waals surface area contributed by atoms with Crippen LogP contribution in [0.1, 0.15) is 12.5 Å². The Morgan fingerprint density at radius 3 is 2.85 bits per heavy atom. The van der Waals surface area contributed by atoms with E-state index in [9.17, 15) is 0 Å². The Morgan fingerprint density at radius 1 is 1.25 bits per heavy atom. The zero-order chi connectivity index (χ0) is 14.1. The van der Waals surface area contributed by atoms with Gasteiger partial charge in [-0.1, -0.05) is 39.3 Å². The van der Waals surface area contributed by atoms with Crippen molar-refractivity contribution in [2.24, 2.45) is 5.73 Å². The lowest BCUT2D eigenvalue weighted by Crippen LogP contribution is -2.19. The van der Waals surface area contributed by atoms with Gasteiger partial charge in [0.15, 0.2) is 0 Å². The van der Waals surface area contributed by atoms with Gasteiger partial charge in [-0.25, -0.2) is 4.68 Å². The number of aromatic nitrogens is 3. The van der Waals surface area contributed by atoms with Crippen molar-refractivity contribution in [3.05, 3.63) is 52.5 Å². The lowest BCUT2D eigenvalue weighted by molar-refractivity contribution is 0.724. The molecule has 3 aromatic rings. The van der Waals surface area contributed by atoms with Crippen LogP contribution in [0.4, 0.5) is 0 Å². The van der Waals surface area contributed by atoms with E-state index in [4.69, 9.17) is 5.73 Å². The molecule has 0 fully saturated rings. The van der Waals surface area contributed by atoms with Crippen molar-refractivity contribution in [3.8, 4) is 5.69 Å². The van der Waals surface area contributed by atoms with Gasteiger partial charge in [0.25, 0.3) is 0 Å². The monoisotopic (exact) mass is 330 g/mol. The molecule has 0 amide bonds. The maximum Gasteiger partial charge on any atom is 0.113 e. The van der Waals surface area contributed by atoms with Crippen molar-refractivity contribution in [2.75, 3.05) is 0 Å². The van der Waals surface area contributed by atoms with Crippen molar-refractivity contribution in [3.63, 3.8) is 0 Å². The summed E-state index contributed by atoms with van der Waals surface area (Å²) < 4.78 is 2.89. The SMILES string of the molecule is CC(N)Cc1ccc(Br)cc1-n1nnc2ccccc21. The largest absolute Gasteiger partial charge is 0.328 e. The molecule has 1 unspecified atom stereocenters. The summed E-state index contributed by atoms with van der Waals surface area (Å²) in [6, 6.07) is 14.2. The van der Waals surface area contributed by atoms with E-state index >= 15 is 0 Å². The fourth-order valence-electron chi connectivity index (χ4n) is 2.30. The van der Waals surface area contributed by atoms with Gasteiger partial charge >= 0.3 is 0 Å². The van der Waals surface area contributed by atoms with Crippen LogP contribution in [0.15, 0.2) is 46.9 Å². The molecule has 20 heavy (non-hydrogen) atoms. The van der Waals surface area contributed by atoms with Gasteiger partial charge in [0.1, 0.15) is 5.52 Å². The van der Waals surface area contributed by atoms with E-state index in [1.54, 1.807) is 0 Å². The van der Waals surface area contributed by atoms with Gasteiger partial charge in [0.2, 0.25) is 0 Å². The summed E-state index contributed by atoms with van der Waals surface area (Å²) in [5, 5.41) is 8.49. The van der Waals surface area contributed by atoms with E-state index in [-0.39, 0.29) is 6.04 Å². The molecule has 2 aromatic carbocycles. The number of fused-ring (bicyclic) bond motifs is 1. The molecular formula is C15H15BrN4. The van der Waals surface area contributed by atoms with Crippen molar-refractivity contribution >= 4 is 27.0 Å². The number of rotatable bonds is 3. The Morgan fingerprint density at radius 2 is 2.05 bits per heavy atom. The van der Waals surface area contributed by atoms with Crippen LogP contribution in [0, 0.1) is 0 Å². The third-order valence-corrected chi connectivity index (χ3v) is 3.66. The predicted octanol–water partition coefficient (Wildman–Crippen LogP) is 3.07. The lowest BCUT2D eigenvalue weighted by atomic mass is 10.1. The van der Waals surface area contributed by atoms with Crippen molar-refractivity contribution < 1.29 is 0 Å². The van der Waals surface area contributed by atoms with E-state index in [1.807, 2.05) is 41.9 Å². The summed E-state index contributed by atoms with van der Waals surface area (Å²) in [5.74, 6) is 0. The quantitative estimate of drug-likeness (QED) is 0.802. The summed E-state index contributed by atoms with van der Waals surface area (Å²) in [6.45, 7) is 2.01. The molecule has 0 aliphatic carbocycles. The van der Waals surface area contributed by atoms with E-state index in [0.29, 0.717) is 0 Å². The molecule has 0 radical (unpaired) electrons. The van der Waals surface area contributed by atoms with Gasteiger partial charge in [-0.3, -0.25) is 0 Å². The van der Waals surface area contributed by atoms with Gasteiger partial charge in [-0.15, -0.1) is 5.10 Å². The van der Waals surface area contributed by atoms with Gasteiger partial charge in [-0.05, 0) is 43.2 Å². The molecule has 0 spiro atoms. The lowest BCUT2D eigenvalue weighted by Gasteiger charge is -2.12. The van der Waals surface area contributed by atoms with E-state index in [1.165, 1.54) is 5.56 Å². The average molecular weight is 331 g/mol. The molecule has 5 heteroatoms. The molecule has 4 nitrogen and oxygen atoms in total. The van der Waals surface area contributed by atoms with Gasteiger partial charge in [0.05, 0.1) is 11.2 Å². The summed E-state index contributed by atoms with van der Waals surface area (Å²) in [4.78, 5) is 0. The molecule has 1 aromatic heterocycles. The highest BCUT2D eigenvalue weighted by Gasteiger charge is 2.12. The van der Waals surface area contributed by atoms with Gasteiger partial charge in [-0.2, -0.15) is 0 Å². The number of benzene rings is 2. The Hall–Kier alpha value is -1.72. The maximum atomic E-state index is 5.94. The third-order valence-electron chi connectivity index (χ3n) is 3.17. The van der Waals surface area contributed by atoms with Gasteiger partial charge < -0.3 is 5.73 Å². The summed E-state index contributed by atoms with van der Waals surface area (Å²) in [7, 11) is 0. The molecule has 0 saturated carbocycles. The predicted molar refractivity (Wildman–Crippen MR) is 83.9 cm³/mol. The highest BCUT2D eigenvalue weighted by atomic mass is 79.9. The van der Waals surface area contributed by atoms with E-state index in [0.717, 1.165) is 27.6 Å². The topological polar surface area (TPSA) is 56.7 Å². The fourth-order valence-corrected chi connectivity index (χ4v) is 2.65. The Labute approximate surface area is 125 Å². The second-order valence-electron chi connectivity index (χ2n) is 4.94. The molecule has 2 N–H and O–H groups in total. The first-order valence-electron chi connectivity index (χ1n) is 6.50. The fraction of sp³-hybridized carbons (Fsp3) is 0.200. The minimum atomic E-state index is 0.102.